The first-order chi connectivity index (χ1) is 9.52. The normalized spacial score (nSPS) is 11.9. The molecule has 1 aromatic carbocycles. The molecule has 6 heteroatoms. The highest BCUT2D eigenvalue weighted by Crippen LogP contribution is 2.17. The van der Waals surface area contributed by atoms with Crippen LogP contribution in [0.4, 0.5) is 0 Å². The number of para-hydroxylation sites is 1. The number of nitrogens with one attached hydrogen (secondary N) is 2. The Morgan fingerprint density at radius 1 is 1.25 bits per heavy atom. The molecule has 0 saturated carbocycles. The van der Waals surface area contributed by atoms with E-state index in [0.29, 0.717) is 13.1 Å². The van der Waals surface area contributed by atoms with E-state index >= 15 is 0 Å². The van der Waals surface area contributed by atoms with Gasteiger partial charge in [0.1, 0.15) is 0 Å². The lowest BCUT2D eigenvalue weighted by Gasteiger charge is -2.09. The highest BCUT2D eigenvalue weighted by atomic mass is 32.2. The summed E-state index contributed by atoms with van der Waals surface area (Å²) in [5.74, 6) is 0.0749. The van der Waals surface area contributed by atoms with Crippen molar-refractivity contribution in [2.45, 2.75) is 13.5 Å². The molecule has 2 aromatic rings. The predicted octanol–water partition coefficient (Wildman–Crippen LogP) is 1.18. The monoisotopic (exact) mass is 293 g/mol. The molecule has 20 heavy (non-hydrogen) atoms. The van der Waals surface area contributed by atoms with E-state index in [1.807, 2.05) is 37.3 Å². The average molecular weight is 293 g/mol. The number of hydrogen-bond acceptors (Lipinski definition) is 4. The smallest absolute Gasteiger partial charge is 0.212 e. The first-order valence-corrected chi connectivity index (χ1v) is 8.14. The Balaban J connectivity index is 2.07. The molecule has 0 fully saturated rings. The Morgan fingerprint density at radius 2 is 2.00 bits per heavy atom. The number of rotatable bonds is 6. The Hall–Kier alpha value is -1.50. The summed E-state index contributed by atoms with van der Waals surface area (Å²) in [6.45, 7) is 3.00. The fraction of sp³-hybridized carbons (Fsp3) is 0.357. The molecule has 2 N–H and O–H groups in total. The first-order valence-electron chi connectivity index (χ1n) is 6.49. The standard InChI is InChI=1S/C14H19N3O2S/c1-11-9-12(10-16-7-8-20(18,19)15-2)13-5-3-4-6-14(13)17-11/h3-6,9,15-16H,7-8,10H2,1-2H3. The third-order valence-corrected chi connectivity index (χ3v) is 4.47. The minimum atomic E-state index is -3.15. The van der Waals surface area contributed by atoms with Crippen LogP contribution in [-0.4, -0.2) is 32.7 Å². The zero-order chi connectivity index (χ0) is 14.6. The van der Waals surface area contributed by atoms with Crippen molar-refractivity contribution in [3.05, 3.63) is 41.6 Å². The maximum absolute atomic E-state index is 11.3. The molecule has 0 spiro atoms. The van der Waals surface area contributed by atoms with Crippen LogP contribution in [0.3, 0.4) is 0 Å². The van der Waals surface area contributed by atoms with Crippen LogP contribution in [0, 0.1) is 6.92 Å². The van der Waals surface area contributed by atoms with Crippen LogP contribution >= 0.6 is 0 Å². The van der Waals surface area contributed by atoms with Gasteiger partial charge >= 0.3 is 0 Å². The average Bonchev–Trinajstić information content (AvgIpc) is 2.43. The SMILES string of the molecule is CNS(=O)(=O)CCNCc1cc(C)nc2ccccc12. The van der Waals surface area contributed by atoms with Crippen LogP contribution in [0.1, 0.15) is 11.3 Å². The quantitative estimate of drug-likeness (QED) is 0.785. The molecule has 0 unspecified atom stereocenters. The summed E-state index contributed by atoms with van der Waals surface area (Å²) in [5.41, 5.74) is 3.06. The molecule has 0 atom stereocenters. The van der Waals surface area contributed by atoms with E-state index in [1.54, 1.807) is 0 Å². The summed E-state index contributed by atoms with van der Waals surface area (Å²) in [5, 5.41) is 4.26. The Morgan fingerprint density at radius 3 is 2.75 bits per heavy atom. The van der Waals surface area contributed by atoms with Gasteiger partial charge in [0.25, 0.3) is 0 Å². The van der Waals surface area contributed by atoms with Crippen molar-refractivity contribution in [2.24, 2.45) is 0 Å². The summed E-state index contributed by atoms with van der Waals surface area (Å²) < 4.78 is 24.9. The van der Waals surface area contributed by atoms with E-state index in [4.69, 9.17) is 0 Å². The van der Waals surface area contributed by atoms with Crippen LogP contribution in [0.2, 0.25) is 0 Å². The number of sulfonamides is 1. The van der Waals surface area contributed by atoms with Crippen molar-refractivity contribution in [2.75, 3.05) is 19.3 Å². The van der Waals surface area contributed by atoms with E-state index in [0.717, 1.165) is 22.2 Å². The molecule has 0 amide bonds. The second-order valence-electron chi connectivity index (χ2n) is 4.64. The summed E-state index contributed by atoms with van der Waals surface area (Å²) in [7, 11) is -1.72. The topological polar surface area (TPSA) is 71.1 Å². The molecule has 0 saturated heterocycles. The summed E-state index contributed by atoms with van der Waals surface area (Å²) in [4.78, 5) is 4.48. The number of hydrogen-bond donors (Lipinski definition) is 2. The second-order valence-corrected chi connectivity index (χ2v) is 6.69. The van der Waals surface area contributed by atoms with Gasteiger partial charge in [0.05, 0.1) is 11.3 Å². The van der Waals surface area contributed by atoms with Crippen molar-refractivity contribution in [1.82, 2.24) is 15.0 Å². The number of nitrogens with zero attached hydrogens (tertiary/aromatic N) is 1. The van der Waals surface area contributed by atoms with Crippen molar-refractivity contribution in [3.8, 4) is 0 Å². The van der Waals surface area contributed by atoms with Gasteiger partial charge in [-0.1, -0.05) is 18.2 Å². The van der Waals surface area contributed by atoms with E-state index in [2.05, 4.69) is 15.0 Å². The molecule has 1 aromatic heterocycles. The number of aryl methyl sites for hydroxylation is 1. The van der Waals surface area contributed by atoms with Crippen molar-refractivity contribution >= 4 is 20.9 Å². The Kier molecular flexibility index (Phi) is 4.69. The molecule has 0 aliphatic heterocycles. The van der Waals surface area contributed by atoms with Gasteiger partial charge in [-0.15, -0.1) is 0 Å². The number of benzene rings is 1. The predicted molar refractivity (Wildman–Crippen MR) is 81.0 cm³/mol. The molecule has 0 aliphatic rings. The summed E-state index contributed by atoms with van der Waals surface area (Å²) in [6, 6.07) is 9.99. The number of pyridine rings is 1. The molecule has 5 nitrogen and oxygen atoms in total. The lowest BCUT2D eigenvalue weighted by Crippen LogP contribution is -2.29. The highest BCUT2D eigenvalue weighted by Gasteiger charge is 2.07. The van der Waals surface area contributed by atoms with E-state index < -0.39 is 10.0 Å². The van der Waals surface area contributed by atoms with Crippen LogP contribution in [-0.2, 0) is 16.6 Å². The molecule has 0 radical (unpaired) electrons. The van der Waals surface area contributed by atoms with E-state index in [9.17, 15) is 8.42 Å². The largest absolute Gasteiger partial charge is 0.312 e. The van der Waals surface area contributed by atoms with Gasteiger partial charge in [0.15, 0.2) is 0 Å². The van der Waals surface area contributed by atoms with Crippen molar-refractivity contribution < 1.29 is 8.42 Å². The van der Waals surface area contributed by atoms with Gasteiger partial charge in [-0.05, 0) is 31.7 Å². The molecule has 108 valence electrons. The van der Waals surface area contributed by atoms with Crippen LogP contribution in [0.25, 0.3) is 10.9 Å². The Labute approximate surface area is 119 Å². The third-order valence-electron chi connectivity index (χ3n) is 3.10. The van der Waals surface area contributed by atoms with Gasteiger partial charge in [0.2, 0.25) is 10.0 Å². The molecular formula is C14H19N3O2S. The van der Waals surface area contributed by atoms with Gasteiger partial charge in [-0.3, -0.25) is 4.98 Å². The van der Waals surface area contributed by atoms with E-state index in [-0.39, 0.29) is 5.75 Å². The van der Waals surface area contributed by atoms with Crippen molar-refractivity contribution in [3.63, 3.8) is 0 Å². The Bertz CT molecular complexity index is 699. The maximum atomic E-state index is 11.3. The minimum Gasteiger partial charge on any atom is -0.312 e. The van der Waals surface area contributed by atoms with Crippen LogP contribution in [0.15, 0.2) is 30.3 Å². The summed E-state index contributed by atoms with van der Waals surface area (Å²) >= 11 is 0. The fourth-order valence-electron chi connectivity index (χ4n) is 2.07. The number of aromatic nitrogens is 1. The number of fused-ring (bicyclic) bond motifs is 1. The lowest BCUT2D eigenvalue weighted by atomic mass is 10.1. The zero-order valence-corrected chi connectivity index (χ0v) is 12.5. The van der Waals surface area contributed by atoms with Gasteiger partial charge in [0, 0.05) is 24.2 Å². The minimum absolute atomic E-state index is 0.0749. The molecule has 0 bridgehead atoms. The van der Waals surface area contributed by atoms with Gasteiger partial charge < -0.3 is 5.32 Å². The van der Waals surface area contributed by atoms with Crippen LogP contribution in [0.5, 0.6) is 0 Å². The fourth-order valence-corrected chi connectivity index (χ4v) is 2.69. The molecular weight excluding hydrogens is 274 g/mol. The summed E-state index contributed by atoms with van der Waals surface area (Å²) in [6.07, 6.45) is 0. The van der Waals surface area contributed by atoms with Crippen molar-refractivity contribution in [1.29, 1.82) is 0 Å². The van der Waals surface area contributed by atoms with Gasteiger partial charge in [-0.2, -0.15) is 0 Å². The highest BCUT2D eigenvalue weighted by molar-refractivity contribution is 7.89. The third kappa shape index (κ3) is 3.75. The maximum Gasteiger partial charge on any atom is 0.212 e. The van der Waals surface area contributed by atoms with E-state index in [1.165, 1.54) is 7.05 Å². The molecule has 0 aliphatic carbocycles. The van der Waals surface area contributed by atoms with Crippen LogP contribution < -0.4 is 10.0 Å². The zero-order valence-electron chi connectivity index (χ0n) is 11.7. The lowest BCUT2D eigenvalue weighted by molar-refractivity contribution is 0.583. The molecule has 2 rings (SSSR count). The molecule has 1 heterocycles. The second kappa shape index (κ2) is 6.30. The first kappa shape index (κ1) is 14.9. The van der Waals surface area contributed by atoms with Gasteiger partial charge in [-0.25, -0.2) is 13.1 Å².